The second kappa shape index (κ2) is 9.39. The van der Waals surface area contributed by atoms with E-state index in [9.17, 15) is 18.3 Å². The first-order valence-electron chi connectivity index (χ1n) is 9.02. The van der Waals surface area contributed by atoms with E-state index in [4.69, 9.17) is 11.6 Å². The molecule has 0 radical (unpaired) electrons. The van der Waals surface area contributed by atoms with Crippen molar-refractivity contribution in [3.8, 4) is 0 Å². The van der Waals surface area contributed by atoms with E-state index in [-0.39, 0.29) is 0 Å². The van der Waals surface area contributed by atoms with Gasteiger partial charge in [0.25, 0.3) is 0 Å². The monoisotopic (exact) mass is 430 g/mol. The quantitative estimate of drug-likeness (QED) is 0.676. The topological polar surface area (TPSA) is 26.7 Å². The van der Waals surface area contributed by atoms with Crippen molar-refractivity contribution in [2.45, 2.75) is 17.2 Å². The molecule has 0 aliphatic carbocycles. The number of thioether (sulfide) groups is 1. The molecular formula is C20H22ClF3N2OS. The zero-order valence-electron chi connectivity index (χ0n) is 15.2. The molecule has 1 unspecified atom stereocenters. The van der Waals surface area contributed by atoms with E-state index >= 15 is 0 Å². The Balaban J connectivity index is 1.45. The lowest BCUT2D eigenvalue weighted by Gasteiger charge is -2.37. The molecule has 0 aromatic heterocycles. The number of halogens is 4. The van der Waals surface area contributed by atoms with Crippen LogP contribution < -0.4 is 4.90 Å². The highest BCUT2D eigenvalue weighted by molar-refractivity contribution is 7.99. The van der Waals surface area contributed by atoms with Gasteiger partial charge < -0.3 is 10.0 Å². The average molecular weight is 431 g/mol. The predicted molar refractivity (Wildman–Crippen MR) is 108 cm³/mol. The lowest BCUT2D eigenvalue weighted by molar-refractivity contribution is -0.137. The minimum atomic E-state index is -4.33. The summed E-state index contributed by atoms with van der Waals surface area (Å²) in [4.78, 5) is 5.16. The van der Waals surface area contributed by atoms with Crippen molar-refractivity contribution in [3.05, 3.63) is 59.1 Å². The predicted octanol–water partition coefficient (Wildman–Crippen LogP) is 4.63. The van der Waals surface area contributed by atoms with Gasteiger partial charge in [0.2, 0.25) is 0 Å². The molecule has 1 fully saturated rings. The molecule has 2 aromatic rings. The summed E-state index contributed by atoms with van der Waals surface area (Å²) in [6.07, 6.45) is -4.80. The Morgan fingerprint density at radius 2 is 1.71 bits per heavy atom. The van der Waals surface area contributed by atoms with E-state index in [1.165, 1.54) is 12.1 Å². The number of aliphatic hydroxyl groups is 1. The fourth-order valence-corrected chi connectivity index (χ4v) is 4.09. The molecule has 2 aromatic carbocycles. The van der Waals surface area contributed by atoms with Crippen molar-refractivity contribution in [3.63, 3.8) is 0 Å². The molecular weight excluding hydrogens is 409 g/mol. The zero-order valence-corrected chi connectivity index (χ0v) is 16.8. The van der Waals surface area contributed by atoms with Gasteiger partial charge in [0, 0.05) is 54.1 Å². The van der Waals surface area contributed by atoms with E-state index in [2.05, 4.69) is 4.90 Å². The molecule has 28 heavy (non-hydrogen) atoms. The minimum absolute atomic E-state index is 0.471. The largest absolute Gasteiger partial charge is 0.416 e. The summed E-state index contributed by atoms with van der Waals surface area (Å²) in [7, 11) is 0. The van der Waals surface area contributed by atoms with Gasteiger partial charge in [-0.15, -0.1) is 11.8 Å². The molecule has 3 rings (SSSR count). The third-order valence-corrected chi connectivity index (χ3v) is 6.04. The van der Waals surface area contributed by atoms with Crippen molar-refractivity contribution in [1.29, 1.82) is 0 Å². The van der Waals surface area contributed by atoms with Gasteiger partial charge in [-0.2, -0.15) is 13.2 Å². The highest BCUT2D eigenvalue weighted by Crippen LogP contribution is 2.32. The summed E-state index contributed by atoms with van der Waals surface area (Å²) in [5, 5.41) is 11.0. The van der Waals surface area contributed by atoms with Crippen LogP contribution in [0.2, 0.25) is 5.02 Å². The van der Waals surface area contributed by atoms with Gasteiger partial charge in [0.15, 0.2) is 0 Å². The summed E-state index contributed by atoms with van der Waals surface area (Å²) in [6, 6.07) is 12.9. The summed E-state index contributed by atoms with van der Waals surface area (Å²) < 4.78 is 38.7. The van der Waals surface area contributed by atoms with Crippen LogP contribution in [0.4, 0.5) is 18.9 Å². The molecule has 3 nitrogen and oxygen atoms in total. The van der Waals surface area contributed by atoms with Crippen molar-refractivity contribution in [2.24, 2.45) is 0 Å². The molecule has 0 saturated carbocycles. The van der Waals surface area contributed by atoms with Crippen LogP contribution in [0, 0.1) is 0 Å². The Morgan fingerprint density at radius 1 is 1.04 bits per heavy atom. The van der Waals surface area contributed by atoms with E-state index in [0.717, 1.165) is 11.0 Å². The maximum absolute atomic E-state index is 12.9. The van der Waals surface area contributed by atoms with E-state index in [1.807, 2.05) is 29.2 Å². The lowest BCUT2D eigenvalue weighted by Crippen LogP contribution is -2.49. The van der Waals surface area contributed by atoms with Crippen LogP contribution in [-0.4, -0.2) is 54.6 Å². The number of alkyl halides is 3. The Morgan fingerprint density at radius 3 is 2.36 bits per heavy atom. The van der Waals surface area contributed by atoms with Crippen LogP contribution >= 0.6 is 23.4 Å². The first-order chi connectivity index (χ1) is 13.3. The number of β-amino-alcohol motifs (C(OH)–C–C–N with tert-alkyl or cyclic N) is 1. The van der Waals surface area contributed by atoms with Crippen LogP contribution in [0.5, 0.6) is 0 Å². The highest BCUT2D eigenvalue weighted by Gasteiger charge is 2.31. The van der Waals surface area contributed by atoms with Gasteiger partial charge in [-0.1, -0.05) is 17.7 Å². The summed E-state index contributed by atoms with van der Waals surface area (Å²) in [5.74, 6) is 0.579. The number of nitrogens with zero attached hydrogens (tertiary/aromatic N) is 2. The Kier molecular flexibility index (Phi) is 7.15. The highest BCUT2D eigenvalue weighted by atomic mass is 35.5. The molecule has 1 heterocycles. The van der Waals surface area contributed by atoms with E-state index in [0.29, 0.717) is 49.2 Å². The standard InChI is InChI=1S/C20H22ClF3N2OS/c21-16-4-6-19(7-5-16)28-14-18(27)13-25-8-10-26(11-9-25)17-3-1-2-15(12-17)20(22,23)24/h1-7,12,18,27H,8-11,13-14H2. The zero-order chi connectivity index (χ0) is 20.1. The van der Waals surface area contributed by atoms with Gasteiger partial charge in [0.1, 0.15) is 0 Å². The molecule has 1 atom stereocenters. The molecule has 0 spiro atoms. The summed E-state index contributed by atoms with van der Waals surface area (Å²) in [5.41, 5.74) is -0.0320. The number of aliphatic hydroxyl groups excluding tert-OH is 1. The summed E-state index contributed by atoms with van der Waals surface area (Å²) in [6.45, 7) is 3.24. The fraction of sp³-hybridized carbons (Fsp3) is 0.400. The first-order valence-corrected chi connectivity index (χ1v) is 10.4. The van der Waals surface area contributed by atoms with Gasteiger partial charge >= 0.3 is 6.18 Å². The molecule has 152 valence electrons. The lowest BCUT2D eigenvalue weighted by atomic mass is 10.1. The number of hydrogen-bond donors (Lipinski definition) is 1. The summed E-state index contributed by atoms with van der Waals surface area (Å²) >= 11 is 7.44. The Labute approximate surface area is 172 Å². The van der Waals surface area contributed by atoms with Crippen LogP contribution in [0.1, 0.15) is 5.56 Å². The number of anilines is 1. The van der Waals surface area contributed by atoms with Crippen LogP contribution in [0.25, 0.3) is 0 Å². The first kappa shape index (κ1) is 21.3. The van der Waals surface area contributed by atoms with Crippen LogP contribution in [0.3, 0.4) is 0 Å². The van der Waals surface area contributed by atoms with Crippen LogP contribution in [0.15, 0.2) is 53.4 Å². The molecule has 1 N–H and O–H groups in total. The van der Waals surface area contributed by atoms with Crippen LogP contribution in [-0.2, 0) is 6.18 Å². The van der Waals surface area contributed by atoms with Crippen molar-refractivity contribution < 1.29 is 18.3 Å². The Bertz CT molecular complexity index is 765. The SMILES string of the molecule is OC(CSc1ccc(Cl)cc1)CN1CCN(c2cccc(C(F)(F)F)c2)CC1. The molecule has 8 heteroatoms. The van der Waals surface area contributed by atoms with E-state index in [1.54, 1.807) is 17.8 Å². The van der Waals surface area contributed by atoms with Crippen molar-refractivity contribution >= 4 is 29.1 Å². The van der Waals surface area contributed by atoms with E-state index < -0.39 is 17.8 Å². The maximum atomic E-state index is 12.9. The van der Waals surface area contributed by atoms with Crippen molar-refractivity contribution in [2.75, 3.05) is 43.4 Å². The smallest absolute Gasteiger partial charge is 0.391 e. The van der Waals surface area contributed by atoms with Gasteiger partial charge in [0.05, 0.1) is 11.7 Å². The number of hydrogen-bond acceptors (Lipinski definition) is 4. The molecule has 1 aliphatic heterocycles. The average Bonchev–Trinajstić information content (AvgIpc) is 2.68. The number of rotatable bonds is 6. The maximum Gasteiger partial charge on any atom is 0.416 e. The number of benzene rings is 2. The Hall–Kier alpha value is -1.41. The second-order valence-corrected chi connectivity index (χ2v) is 8.28. The minimum Gasteiger partial charge on any atom is -0.391 e. The second-order valence-electron chi connectivity index (χ2n) is 6.75. The number of piperazine rings is 1. The van der Waals surface area contributed by atoms with Crippen molar-refractivity contribution in [1.82, 2.24) is 4.90 Å². The third-order valence-electron chi connectivity index (χ3n) is 4.64. The molecule has 1 aliphatic rings. The van der Waals surface area contributed by atoms with Gasteiger partial charge in [-0.05, 0) is 42.5 Å². The third kappa shape index (κ3) is 6.04. The van der Waals surface area contributed by atoms with Gasteiger partial charge in [-0.3, -0.25) is 4.90 Å². The normalized spacial score (nSPS) is 17.0. The van der Waals surface area contributed by atoms with Gasteiger partial charge in [-0.25, -0.2) is 0 Å². The molecule has 0 amide bonds. The molecule has 1 saturated heterocycles. The fourth-order valence-electron chi connectivity index (χ4n) is 3.14. The molecule has 0 bridgehead atoms.